The number of rotatable bonds is 9. The smallest absolute Gasteiger partial charge is 0.191 e. The molecule has 1 fully saturated rings. The first-order chi connectivity index (χ1) is 11.8. The molecule has 5 heteroatoms. The quantitative estimate of drug-likeness (QED) is 0.414. The average Bonchev–Trinajstić information content (AvgIpc) is 3.12. The van der Waals surface area contributed by atoms with Gasteiger partial charge in [-0.25, -0.2) is 4.99 Å². The largest absolute Gasteiger partial charge is 0.497 e. The van der Waals surface area contributed by atoms with E-state index in [4.69, 9.17) is 14.5 Å². The van der Waals surface area contributed by atoms with Crippen molar-refractivity contribution in [3.63, 3.8) is 0 Å². The lowest BCUT2D eigenvalue weighted by atomic mass is 10.2. The fraction of sp³-hybridized carbons (Fsp3) is 0.632. The molecule has 2 rings (SSSR count). The number of methoxy groups -OCH3 is 2. The van der Waals surface area contributed by atoms with Gasteiger partial charge in [0.2, 0.25) is 0 Å². The topological polar surface area (TPSA) is 54.9 Å². The van der Waals surface area contributed by atoms with Gasteiger partial charge in [-0.2, -0.15) is 0 Å². The summed E-state index contributed by atoms with van der Waals surface area (Å²) in [6, 6.07) is 8.65. The van der Waals surface area contributed by atoms with Crippen LogP contribution in [0.25, 0.3) is 0 Å². The molecule has 0 unspecified atom stereocenters. The van der Waals surface area contributed by atoms with Crippen molar-refractivity contribution in [1.82, 2.24) is 10.6 Å². The second-order valence-corrected chi connectivity index (χ2v) is 6.27. The standard InChI is InChI=1S/C19H31N3O2/c1-23-14-6-5-13-20-19(22-17-7-3-4-8-17)21-15-16-9-11-18(24-2)12-10-16/h9-12,17H,3-8,13-15H2,1-2H3,(H2,20,21,22). The maximum atomic E-state index is 5.20. The summed E-state index contributed by atoms with van der Waals surface area (Å²) in [5, 5.41) is 7.04. The maximum Gasteiger partial charge on any atom is 0.191 e. The molecule has 1 aliphatic rings. The van der Waals surface area contributed by atoms with Gasteiger partial charge in [-0.05, 0) is 43.4 Å². The third kappa shape index (κ3) is 6.79. The van der Waals surface area contributed by atoms with E-state index in [2.05, 4.69) is 22.8 Å². The van der Waals surface area contributed by atoms with E-state index in [0.29, 0.717) is 12.6 Å². The first-order valence-corrected chi connectivity index (χ1v) is 8.98. The van der Waals surface area contributed by atoms with Crippen LogP contribution in [0.1, 0.15) is 44.1 Å². The number of nitrogens with one attached hydrogen (secondary N) is 2. The highest BCUT2D eigenvalue weighted by atomic mass is 16.5. The number of hydrogen-bond acceptors (Lipinski definition) is 3. The Morgan fingerprint density at radius 2 is 1.88 bits per heavy atom. The molecule has 0 aliphatic heterocycles. The Hall–Kier alpha value is -1.75. The SMILES string of the molecule is COCCCCNC(=NCc1ccc(OC)cc1)NC1CCCC1. The molecule has 0 bridgehead atoms. The molecule has 0 heterocycles. The minimum absolute atomic E-state index is 0.561. The van der Waals surface area contributed by atoms with Crippen molar-refractivity contribution in [2.24, 2.45) is 4.99 Å². The summed E-state index contributed by atoms with van der Waals surface area (Å²) < 4.78 is 10.3. The molecule has 0 radical (unpaired) electrons. The number of aliphatic imine (C=N–C) groups is 1. The van der Waals surface area contributed by atoms with Crippen molar-refractivity contribution in [3.8, 4) is 5.75 Å². The molecule has 0 spiro atoms. The predicted molar refractivity (Wildman–Crippen MR) is 98.6 cm³/mol. The molecule has 1 saturated carbocycles. The number of hydrogen-bond donors (Lipinski definition) is 2. The van der Waals surface area contributed by atoms with E-state index in [1.807, 2.05) is 12.1 Å². The van der Waals surface area contributed by atoms with Crippen LogP contribution < -0.4 is 15.4 Å². The van der Waals surface area contributed by atoms with E-state index in [1.54, 1.807) is 14.2 Å². The van der Waals surface area contributed by atoms with E-state index in [1.165, 1.54) is 31.2 Å². The fourth-order valence-corrected chi connectivity index (χ4v) is 2.90. The van der Waals surface area contributed by atoms with Crippen LogP contribution in [-0.2, 0) is 11.3 Å². The second-order valence-electron chi connectivity index (χ2n) is 6.27. The fourth-order valence-electron chi connectivity index (χ4n) is 2.90. The van der Waals surface area contributed by atoms with Crippen LogP contribution in [0.2, 0.25) is 0 Å². The highest BCUT2D eigenvalue weighted by molar-refractivity contribution is 5.80. The van der Waals surface area contributed by atoms with Crippen LogP contribution in [0.4, 0.5) is 0 Å². The van der Waals surface area contributed by atoms with Crippen LogP contribution in [0.15, 0.2) is 29.3 Å². The van der Waals surface area contributed by atoms with Crippen molar-refractivity contribution >= 4 is 5.96 Å². The van der Waals surface area contributed by atoms with Crippen molar-refractivity contribution in [2.75, 3.05) is 27.4 Å². The Balaban J connectivity index is 1.86. The summed E-state index contributed by atoms with van der Waals surface area (Å²) in [6.07, 6.45) is 7.27. The molecule has 0 amide bonds. The van der Waals surface area contributed by atoms with Crippen LogP contribution in [0.5, 0.6) is 5.75 Å². The van der Waals surface area contributed by atoms with E-state index in [9.17, 15) is 0 Å². The summed E-state index contributed by atoms with van der Waals surface area (Å²) in [7, 11) is 3.43. The minimum Gasteiger partial charge on any atom is -0.497 e. The van der Waals surface area contributed by atoms with Gasteiger partial charge in [-0.3, -0.25) is 0 Å². The predicted octanol–water partition coefficient (Wildman–Crippen LogP) is 3.10. The van der Waals surface area contributed by atoms with E-state index in [0.717, 1.165) is 37.7 Å². The summed E-state index contributed by atoms with van der Waals surface area (Å²) in [6.45, 7) is 2.41. The molecular weight excluding hydrogens is 302 g/mol. The summed E-state index contributed by atoms with van der Waals surface area (Å²) in [5.74, 6) is 1.80. The molecule has 2 N–H and O–H groups in total. The van der Waals surface area contributed by atoms with Gasteiger partial charge in [0, 0.05) is 26.3 Å². The molecular formula is C19H31N3O2. The third-order valence-electron chi connectivity index (χ3n) is 4.34. The number of unbranched alkanes of at least 4 members (excludes halogenated alkanes) is 1. The van der Waals surface area contributed by atoms with Gasteiger partial charge in [-0.1, -0.05) is 25.0 Å². The van der Waals surface area contributed by atoms with Crippen molar-refractivity contribution in [3.05, 3.63) is 29.8 Å². The first-order valence-electron chi connectivity index (χ1n) is 8.98. The summed E-state index contributed by atoms with van der Waals surface area (Å²) >= 11 is 0. The molecule has 24 heavy (non-hydrogen) atoms. The minimum atomic E-state index is 0.561. The molecule has 134 valence electrons. The van der Waals surface area contributed by atoms with Crippen molar-refractivity contribution < 1.29 is 9.47 Å². The van der Waals surface area contributed by atoms with Gasteiger partial charge >= 0.3 is 0 Å². The Kier molecular flexibility index (Phi) is 8.46. The van der Waals surface area contributed by atoms with Crippen LogP contribution in [0.3, 0.4) is 0 Å². The van der Waals surface area contributed by atoms with Gasteiger partial charge in [0.25, 0.3) is 0 Å². The Morgan fingerprint density at radius 3 is 2.54 bits per heavy atom. The second kappa shape index (κ2) is 10.9. The highest BCUT2D eigenvalue weighted by Crippen LogP contribution is 2.17. The van der Waals surface area contributed by atoms with Gasteiger partial charge in [0.1, 0.15) is 5.75 Å². The average molecular weight is 333 g/mol. The van der Waals surface area contributed by atoms with E-state index >= 15 is 0 Å². The first kappa shape index (κ1) is 18.6. The zero-order valence-electron chi connectivity index (χ0n) is 15.0. The van der Waals surface area contributed by atoms with Gasteiger partial charge in [0.15, 0.2) is 5.96 Å². The van der Waals surface area contributed by atoms with Crippen molar-refractivity contribution in [2.45, 2.75) is 51.1 Å². The highest BCUT2D eigenvalue weighted by Gasteiger charge is 2.15. The molecule has 0 saturated heterocycles. The van der Waals surface area contributed by atoms with Crippen molar-refractivity contribution in [1.29, 1.82) is 0 Å². The van der Waals surface area contributed by atoms with Crippen LogP contribution in [0, 0.1) is 0 Å². The lowest BCUT2D eigenvalue weighted by Crippen LogP contribution is -2.42. The molecule has 1 aromatic rings. The number of nitrogens with zero attached hydrogens (tertiary/aromatic N) is 1. The Labute approximate surface area is 145 Å². The van der Waals surface area contributed by atoms with Gasteiger partial charge < -0.3 is 20.1 Å². The zero-order valence-corrected chi connectivity index (χ0v) is 15.0. The van der Waals surface area contributed by atoms with Crippen LogP contribution in [-0.4, -0.2) is 39.4 Å². The maximum absolute atomic E-state index is 5.20. The molecule has 5 nitrogen and oxygen atoms in total. The lowest BCUT2D eigenvalue weighted by molar-refractivity contribution is 0.193. The molecule has 0 atom stereocenters. The van der Waals surface area contributed by atoms with Gasteiger partial charge in [0.05, 0.1) is 13.7 Å². The third-order valence-corrected chi connectivity index (χ3v) is 4.34. The number of ether oxygens (including phenoxy) is 2. The Morgan fingerprint density at radius 1 is 1.12 bits per heavy atom. The van der Waals surface area contributed by atoms with Gasteiger partial charge in [-0.15, -0.1) is 0 Å². The number of benzene rings is 1. The lowest BCUT2D eigenvalue weighted by Gasteiger charge is -2.17. The summed E-state index contributed by atoms with van der Waals surface area (Å²) in [4.78, 5) is 4.75. The Bertz CT molecular complexity index is 482. The summed E-state index contributed by atoms with van der Waals surface area (Å²) in [5.41, 5.74) is 1.18. The number of guanidine groups is 1. The monoisotopic (exact) mass is 333 g/mol. The molecule has 1 aliphatic carbocycles. The molecule has 0 aromatic heterocycles. The molecule has 1 aromatic carbocycles. The normalized spacial score (nSPS) is 15.5. The van der Waals surface area contributed by atoms with Crippen LogP contribution >= 0.6 is 0 Å². The zero-order chi connectivity index (χ0) is 17.0. The van der Waals surface area contributed by atoms with E-state index in [-0.39, 0.29) is 0 Å². The van der Waals surface area contributed by atoms with E-state index < -0.39 is 0 Å².